The lowest BCUT2D eigenvalue weighted by Gasteiger charge is -2.12. The first kappa shape index (κ1) is 11.8. The quantitative estimate of drug-likeness (QED) is 0.714. The molecule has 1 aromatic carbocycles. The summed E-state index contributed by atoms with van der Waals surface area (Å²) in [5, 5.41) is 1.64. The highest BCUT2D eigenvalue weighted by atomic mass is 16.1. The van der Waals surface area contributed by atoms with E-state index in [0.717, 1.165) is 27.1 Å². The van der Waals surface area contributed by atoms with Gasteiger partial charge in [0, 0.05) is 11.8 Å². The maximum atomic E-state index is 12.2. The smallest absolute Gasteiger partial charge is 0.218 e. The van der Waals surface area contributed by atoms with Crippen molar-refractivity contribution in [2.24, 2.45) is 0 Å². The Morgan fingerprint density at radius 1 is 0.952 bits per heavy atom. The van der Waals surface area contributed by atoms with E-state index in [0.29, 0.717) is 12.1 Å². The maximum Gasteiger partial charge on any atom is 0.218 e. The summed E-state index contributed by atoms with van der Waals surface area (Å²) in [7, 11) is 0. The van der Waals surface area contributed by atoms with Crippen LogP contribution in [0.5, 0.6) is 0 Å². The molecule has 4 nitrogen and oxygen atoms in total. The van der Waals surface area contributed by atoms with Gasteiger partial charge >= 0.3 is 0 Å². The van der Waals surface area contributed by atoms with E-state index >= 15 is 0 Å². The van der Waals surface area contributed by atoms with Crippen LogP contribution in [-0.2, 0) is 9.59 Å². The van der Waals surface area contributed by atoms with Crippen molar-refractivity contribution in [1.29, 1.82) is 0 Å². The second-order valence-electron chi connectivity index (χ2n) is 5.05. The Kier molecular flexibility index (Phi) is 2.24. The Hall–Kier alpha value is -3.01. The molecule has 0 amide bonds. The number of benzene rings is 1. The molecule has 1 aromatic heterocycles. The predicted molar refractivity (Wildman–Crippen MR) is 78.6 cm³/mol. The summed E-state index contributed by atoms with van der Waals surface area (Å²) in [5.74, 6) is -0.238. The van der Waals surface area contributed by atoms with E-state index in [1.165, 1.54) is 16.7 Å². The molecule has 2 aromatic rings. The van der Waals surface area contributed by atoms with Gasteiger partial charge in [-0.05, 0) is 58.0 Å². The molecule has 21 heavy (non-hydrogen) atoms. The molecule has 2 aliphatic carbocycles. The highest BCUT2D eigenvalue weighted by Crippen LogP contribution is 2.25. The van der Waals surface area contributed by atoms with Crippen molar-refractivity contribution in [2.75, 3.05) is 0 Å². The van der Waals surface area contributed by atoms with E-state index in [1.54, 1.807) is 24.4 Å². The molecular weight excluding hydrogens is 266 g/mol. The molecule has 4 heteroatoms. The van der Waals surface area contributed by atoms with Gasteiger partial charge in [0.05, 0.1) is 0 Å². The first-order valence-corrected chi connectivity index (χ1v) is 6.48. The van der Waals surface area contributed by atoms with Crippen LogP contribution in [0.1, 0.15) is 16.1 Å². The van der Waals surface area contributed by atoms with Gasteiger partial charge in [-0.2, -0.15) is 0 Å². The van der Waals surface area contributed by atoms with Crippen molar-refractivity contribution >= 4 is 36.2 Å². The van der Waals surface area contributed by atoms with Gasteiger partial charge in [-0.15, -0.1) is 0 Å². The summed E-state index contributed by atoms with van der Waals surface area (Å²) in [6.45, 7) is 0. The summed E-state index contributed by atoms with van der Waals surface area (Å²) >= 11 is 0. The van der Waals surface area contributed by atoms with Crippen molar-refractivity contribution in [3.63, 3.8) is 0 Å². The number of Topliss-reactive ketones (excluding diaryl/α,β-unsaturated/α-hetero) is 1. The number of nitrogens with zero attached hydrogens (tertiary/aromatic N) is 1. The van der Waals surface area contributed by atoms with Crippen LogP contribution in [0, 0.1) is 0 Å². The number of allylic oxidation sites excluding steroid dienone is 1. The molecule has 0 atom stereocenters. The summed E-state index contributed by atoms with van der Waals surface area (Å²) < 4.78 is 1.28. The second kappa shape index (κ2) is 3.99. The Morgan fingerprint density at radius 3 is 2.62 bits per heavy atom. The fourth-order valence-corrected chi connectivity index (χ4v) is 2.87. The molecule has 0 unspecified atom stereocenters. The molecule has 1 heterocycles. The molecule has 2 aliphatic rings. The van der Waals surface area contributed by atoms with E-state index in [9.17, 15) is 14.4 Å². The summed E-state index contributed by atoms with van der Waals surface area (Å²) in [4.78, 5) is 34.7. The Bertz CT molecular complexity index is 990. The zero-order valence-electron chi connectivity index (χ0n) is 10.9. The Labute approximate surface area is 119 Å². The minimum Gasteiger partial charge on any atom is -0.290 e. The number of carbonyl (C=O) groups is 3. The van der Waals surface area contributed by atoms with Gasteiger partial charge in [0.2, 0.25) is 12.2 Å². The molecule has 0 fully saturated rings. The molecular formula is C17H9NO3. The number of fused-ring (bicyclic) bond motifs is 4. The summed E-state index contributed by atoms with van der Waals surface area (Å²) in [5.41, 5.74) is 2.87. The molecule has 0 saturated heterocycles. The fraction of sp³-hybridized carbons (Fsp3) is 0. The van der Waals surface area contributed by atoms with Gasteiger partial charge < -0.3 is 0 Å². The van der Waals surface area contributed by atoms with Crippen LogP contribution >= 0.6 is 0 Å². The fourth-order valence-electron chi connectivity index (χ4n) is 2.87. The molecule has 0 bridgehead atoms. The van der Waals surface area contributed by atoms with Crippen molar-refractivity contribution in [3.8, 4) is 11.1 Å². The zero-order valence-corrected chi connectivity index (χ0v) is 10.9. The number of ketones is 2. The van der Waals surface area contributed by atoms with E-state index in [-0.39, 0.29) is 11.6 Å². The van der Waals surface area contributed by atoms with Crippen LogP contribution in [0.4, 0.5) is 0 Å². The van der Waals surface area contributed by atoms with Gasteiger partial charge in [-0.25, -0.2) is 0 Å². The van der Waals surface area contributed by atoms with Crippen LogP contribution in [0.15, 0.2) is 30.5 Å². The van der Waals surface area contributed by atoms with Crippen LogP contribution in [0.25, 0.3) is 29.4 Å². The molecule has 100 valence electrons. The van der Waals surface area contributed by atoms with Gasteiger partial charge in [0.15, 0.2) is 5.78 Å². The lowest BCUT2D eigenvalue weighted by atomic mass is 9.92. The molecule has 0 saturated carbocycles. The standard InChI is InChI=1S/C17H9NO3/c19-9-18-4-3-14-15-7-11-6-13(20)2-1-10(11)5-12(15)8-16(21)17(14)18/h1-9H. The first-order valence-electron chi connectivity index (χ1n) is 6.48. The third-order valence-corrected chi connectivity index (χ3v) is 3.82. The first-order chi connectivity index (χ1) is 10.2. The van der Waals surface area contributed by atoms with Crippen molar-refractivity contribution < 1.29 is 14.4 Å². The normalized spacial score (nSPS) is 14.7. The van der Waals surface area contributed by atoms with Crippen LogP contribution in [0.2, 0.25) is 0 Å². The number of aromatic nitrogens is 1. The lowest BCUT2D eigenvalue weighted by molar-refractivity contribution is -0.109. The molecule has 0 spiro atoms. The van der Waals surface area contributed by atoms with Crippen LogP contribution in [-0.4, -0.2) is 22.5 Å². The van der Waals surface area contributed by atoms with Crippen LogP contribution < -0.4 is 10.4 Å². The molecule has 4 rings (SSSR count). The van der Waals surface area contributed by atoms with E-state index in [1.807, 2.05) is 12.1 Å². The topological polar surface area (TPSA) is 56.1 Å². The SMILES string of the molecule is O=Cn1ccc2c1C(=O)C=c1cc3c(cc1-2)=CC(=O)C=C3. The lowest BCUT2D eigenvalue weighted by Crippen LogP contribution is -2.24. The minimum atomic E-state index is -0.186. The number of rotatable bonds is 1. The Balaban J connectivity index is 2.10. The predicted octanol–water partition coefficient (Wildman–Crippen LogP) is 0.547. The average Bonchev–Trinajstić information content (AvgIpc) is 2.91. The minimum absolute atomic E-state index is 0.0519. The molecule has 0 N–H and O–H groups in total. The molecule has 0 radical (unpaired) electrons. The van der Waals surface area contributed by atoms with Gasteiger partial charge in [0.25, 0.3) is 0 Å². The summed E-state index contributed by atoms with van der Waals surface area (Å²) in [6, 6.07) is 5.53. The van der Waals surface area contributed by atoms with E-state index in [4.69, 9.17) is 0 Å². The van der Waals surface area contributed by atoms with E-state index < -0.39 is 0 Å². The third kappa shape index (κ3) is 1.59. The Morgan fingerprint density at radius 2 is 1.81 bits per heavy atom. The van der Waals surface area contributed by atoms with Gasteiger partial charge in [-0.1, -0.05) is 6.08 Å². The largest absolute Gasteiger partial charge is 0.290 e. The van der Waals surface area contributed by atoms with Gasteiger partial charge in [0.1, 0.15) is 5.69 Å². The van der Waals surface area contributed by atoms with Gasteiger partial charge in [-0.3, -0.25) is 19.0 Å². The van der Waals surface area contributed by atoms with Crippen molar-refractivity contribution in [2.45, 2.75) is 0 Å². The monoisotopic (exact) mass is 275 g/mol. The second-order valence-corrected chi connectivity index (χ2v) is 5.05. The third-order valence-electron chi connectivity index (χ3n) is 3.82. The average molecular weight is 275 g/mol. The van der Waals surface area contributed by atoms with Crippen molar-refractivity contribution in [1.82, 2.24) is 4.57 Å². The number of carbonyl (C=O) groups excluding carboxylic acids is 3. The number of hydrogen-bond acceptors (Lipinski definition) is 3. The van der Waals surface area contributed by atoms with E-state index in [2.05, 4.69) is 0 Å². The highest BCUT2D eigenvalue weighted by molar-refractivity contribution is 6.22. The summed E-state index contributed by atoms with van der Waals surface area (Å²) in [6.07, 6.45) is 8.56. The highest BCUT2D eigenvalue weighted by Gasteiger charge is 2.22. The molecule has 0 aliphatic heterocycles. The zero-order chi connectivity index (χ0) is 14.6. The maximum absolute atomic E-state index is 12.2. The number of hydrogen-bond donors (Lipinski definition) is 0. The van der Waals surface area contributed by atoms with Crippen LogP contribution in [0.3, 0.4) is 0 Å². The van der Waals surface area contributed by atoms with Crippen molar-refractivity contribution in [3.05, 3.63) is 52.2 Å².